The van der Waals surface area contributed by atoms with Crippen molar-refractivity contribution in [3.63, 3.8) is 0 Å². The summed E-state index contributed by atoms with van der Waals surface area (Å²) in [6, 6.07) is 0.469. The van der Waals surface area contributed by atoms with Crippen molar-refractivity contribution in [1.82, 2.24) is 5.32 Å². The number of hydrogen-bond donors (Lipinski definition) is 2. The fourth-order valence-corrected chi connectivity index (χ4v) is 1.43. The maximum Gasteiger partial charge on any atom is 0.0664 e. The summed E-state index contributed by atoms with van der Waals surface area (Å²) in [7, 11) is 0. The molecular formula is C9H19NO2. The lowest BCUT2D eigenvalue weighted by Crippen LogP contribution is -2.35. The van der Waals surface area contributed by atoms with E-state index in [1.54, 1.807) is 0 Å². The van der Waals surface area contributed by atoms with Gasteiger partial charge in [0.2, 0.25) is 0 Å². The van der Waals surface area contributed by atoms with Gasteiger partial charge in [0.1, 0.15) is 0 Å². The minimum atomic E-state index is -0.185. The Labute approximate surface area is 74.1 Å². The molecule has 1 fully saturated rings. The molecule has 0 aromatic heterocycles. The highest BCUT2D eigenvalue weighted by atomic mass is 16.5. The van der Waals surface area contributed by atoms with Crippen molar-refractivity contribution in [1.29, 1.82) is 0 Å². The fraction of sp³-hybridized carbons (Fsp3) is 1.00. The zero-order valence-corrected chi connectivity index (χ0v) is 7.75. The van der Waals surface area contributed by atoms with Gasteiger partial charge in [-0.1, -0.05) is 13.3 Å². The van der Waals surface area contributed by atoms with Crippen molar-refractivity contribution in [2.75, 3.05) is 19.8 Å². The maximum absolute atomic E-state index is 9.41. The summed E-state index contributed by atoms with van der Waals surface area (Å²) in [4.78, 5) is 0. The van der Waals surface area contributed by atoms with Crippen molar-refractivity contribution in [3.05, 3.63) is 0 Å². The van der Waals surface area contributed by atoms with Crippen LogP contribution in [0.5, 0.6) is 0 Å². The minimum Gasteiger partial charge on any atom is -0.392 e. The van der Waals surface area contributed by atoms with Crippen LogP contribution in [0.4, 0.5) is 0 Å². The van der Waals surface area contributed by atoms with Crippen molar-refractivity contribution in [3.8, 4) is 0 Å². The average molecular weight is 173 g/mol. The van der Waals surface area contributed by atoms with Gasteiger partial charge in [-0.3, -0.25) is 0 Å². The third-order valence-electron chi connectivity index (χ3n) is 2.19. The van der Waals surface area contributed by atoms with Crippen LogP contribution in [-0.2, 0) is 4.74 Å². The van der Waals surface area contributed by atoms with Crippen LogP contribution in [0.15, 0.2) is 0 Å². The first-order valence-corrected chi connectivity index (χ1v) is 4.82. The summed E-state index contributed by atoms with van der Waals surface area (Å²) >= 11 is 0. The summed E-state index contributed by atoms with van der Waals surface area (Å²) in [6.45, 7) is 4.46. The van der Waals surface area contributed by atoms with Crippen molar-refractivity contribution in [2.24, 2.45) is 0 Å². The minimum absolute atomic E-state index is 0.185. The largest absolute Gasteiger partial charge is 0.392 e. The molecule has 0 spiro atoms. The molecule has 0 amide bonds. The van der Waals surface area contributed by atoms with Crippen molar-refractivity contribution in [2.45, 2.75) is 38.3 Å². The Morgan fingerprint density at radius 2 is 2.50 bits per heavy atom. The molecule has 3 heteroatoms. The Bertz CT molecular complexity index is 113. The predicted octanol–water partition coefficient (Wildman–Crippen LogP) is 0.526. The molecule has 1 aliphatic heterocycles. The van der Waals surface area contributed by atoms with Crippen LogP contribution in [0.25, 0.3) is 0 Å². The van der Waals surface area contributed by atoms with Crippen LogP contribution >= 0.6 is 0 Å². The van der Waals surface area contributed by atoms with E-state index in [4.69, 9.17) is 4.74 Å². The Balaban J connectivity index is 1.99. The fourth-order valence-electron chi connectivity index (χ4n) is 1.43. The van der Waals surface area contributed by atoms with Gasteiger partial charge in [-0.2, -0.15) is 0 Å². The van der Waals surface area contributed by atoms with Crippen LogP contribution in [-0.4, -0.2) is 37.0 Å². The third kappa shape index (κ3) is 3.52. The second-order valence-corrected chi connectivity index (χ2v) is 3.41. The summed E-state index contributed by atoms with van der Waals surface area (Å²) in [5.41, 5.74) is 0. The standard InChI is InChI=1S/C9H19NO2/c1-2-3-9(11)6-10-8-4-5-12-7-8/h8-11H,2-7H2,1H3. The lowest BCUT2D eigenvalue weighted by Gasteiger charge is -2.14. The topological polar surface area (TPSA) is 41.5 Å². The quantitative estimate of drug-likeness (QED) is 0.637. The SMILES string of the molecule is CCCC(O)CNC1CCOC1. The Morgan fingerprint density at radius 3 is 3.08 bits per heavy atom. The van der Waals surface area contributed by atoms with Crippen LogP contribution in [0.1, 0.15) is 26.2 Å². The molecule has 12 heavy (non-hydrogen) atoms. The van der Waals surface area contributed by atoms with Gasteiger partial charge in [0, 0.05) is 19.2 Å². The van der Waals surface area contributed by atoms with Crippen LogP contribution in [0, 0.1) is 0 Å². The Hall–Kier alpha value is -0.120. The Morgan fingerprint density at radius 1 is 1.67 bits per heavy atom. The van der Waals surface area contributed by atoms with E-state index in [-0.39, 0.29) is 6.10 Å². The molecule has 1 aliphatic rings. The van der Waals surface area contributed by atoms with Gasteiger partial charge >= 0.3 is 0 Å². The third-order valence-corrected chi connectivity index (χ3v) is 2.19. The second-order valence-electron chi connectivity index (χ2n) is 3.41. The Kier molecular flexibility index (Phi) is 4.58. The van der Waals surface area contributed by atoms with E-state index in [2.05, 4.69) is 12.2 Å². The molecule has 0 radical (unpaired) electrons. The highest BCUT2D eigenvalue weighted by Crippen LogP contribution is 2.03. The summed E-state index contributed by atoms with van der Waals surface area (Å²) < 4.78 is 5.21. The summed E-state index contributed by atoms with van der Waals surface area (Å²) in [6.07, 6.45) is 2.83. The van der Waals surface area contributed by atoms with E-state index >= 15 is 0 Å². The van der Waals surface area contributed by atoms with Crippen molar-refractivity contribution >= 4 is 0 Å². The molecule has 0 aromatic carbocycles. The van der Waals surface area contributed by atoms with Gasteiger partial charge in [-0.05, 0) is 12.8 Å². The second kappa shape index (κ2) is 5.51. The van der Waals surface area contributed by atoms with Gasteiger partial charge in [0.25, 0.3) is 0 Å². The van der Waals surface area contributed by atoms with E-state index in [9.17, 15) is 5.11 Å². The van der Waals surface area contributed by atoms with Crippen LogP contribution in [0.3, 0.4) is 0 Å². The molecule has 1 heterocycles. The van der Waals surface area contributed by atoms with Crippen LogP contribution in [0.2, 0.25) is 0 Å². The number of hydrogen-bond acceptors (Lipinski definition) is 3. The normalized spacial score (nSPS) is 26.0. The van der Waals surface area contributed by atoms with Crippen molar-refractivity contribution < 1.29 is 9.84 Å². The molecule has 0 aliphatic carbocycles. The first-order valence-electron chi connectivity index (χ1n) is 4.82. The molecule has 2 N–H and O–H groups in total. The van der Waals surface area contributed by atoms with Gasteiger partial charge in [-0.25, -0.2) is 0 Å². The highest BCUT2D eigenvalue weighted by molar-refractivity contribution is 4.72. The predicted molar refractivity (Wildman–Crippen MR) is 48.1 cm³/mol. The van der Waals surface area contributed by atoms with Gasteiger partial charge in [0.05, 0.1) is 12.7 Å². The maximum atomic E-state index is 9.41. The number of aliphatic hydroxyl groups is 1. The number of ether oxygens (including phenoxy) is 1. The first-order chi connectivity index (χ1) is 5.83. The molecule has 1 saturated heterocycles. The number of aliphatic hydroxyl groups excluding tert-OH is 1. The summed E-state index contributed by atoms with van der Waals surface area (Å²) in [5.74, 6) is 0. The molecule has 2 atom stereocenters. The molecule has 1 rings (SSSR count). The van der Waals surface area contributed by atoms with E-state index in [0.29, 0.717) is 12.6 Å². The smallest absolute Gasteiger partial charge is 0.0664 e. The van der Waals surface area contributed by atoms with Gasteiger partial charge in [0.15, 0.2) is 0 Å². The molecule has 0 aromatic rings. The average Bonchev–Trinajstić information content (AvgIpc) is 2.53. The molecule has 2 unspecified atom stereocenters. The summed E-state index contributed by atoms with van der Waals surface area (Å²) in [5, 5.41) is 12.7. The molecular weight excluding hydrogens is 154 g/mol. The molecule has 72 valence electrons. The molecule has 0 bridgehead atoms. The lowest BCUT2D eigenvalue weighted by atomic mass is 10.2. The van der Waals surface area contributed by atoms with Crippen LogP contribution < -0.4 is 5.32 Å². The number of nitrogens with one attached hydrogen (secondary N) is 1. The zero-order chi connectivity index (χ0) is 8.81. The van der Waals surface area contributed by atoms with Gasteiger partial charge < -0.3 is 15.2 Å². The monoisotopic (exact) mass is 173 g/mol. The first kappa shape index (κ1) is 9.96. The van der Waals surface area contributed by atoms with E-state index in [1.807, 2.05) is 0 Å². The van der Waals surface area contributed by atoms with E-state index < -0.39 is 0 Å². The molecule has 3 nitrogen and oxygen atoms in total. The number of rotatable bonds is 5. The zero-order valence-electron chi connectivity index (χ0n) is 7.75. The lowest BCUT2D eigenvalue weighted by molar-refractivity contribution is 0.150. The van der Waals surface area contributed by atoms with E-state index in [0.717, 1.165) is 32.5 Å². The highest BCUT2D eigenvalue weighted by Gasteiger charge is 2.15. The van der Waals surface area contributed by atoms with E-state index in [1.165, 1.54) is 0 Å². The molecule has 0 saturated carbocycles. The van der Waals surface area contributed by atoms with Gasteiger partial charge in [-0.15, -0.1) is 0 Å².